The number of rotatable bonds is 5. The van der Waals surface area contributed by atoms with Gasteiger partial charge in [0.15, 0.2) is 9.84 Å². The molecule has 0 spiro atoms. The number of carbonyl (C=O) groups excluding carboxylic acids is 1. The molecular formula is C14H20Cl2N2O3S. The van der Waals surface area contributed by atoms with E-state index in [0.717, 1.165) is 19.4 Å². The fourth-order valence-electron chi connectivity index (χ4n) is 2.29. The molecule has 0 aromatic heterocycles. The van der Waals surface area contributed by atoms with Crippen LogP contribution in [-0.2, 0) is 14.6 Å². The van der Waals surface area contributed by atoms with Crippen LogP contribution < -0.4 is 10.6 Å². The third kappa shape index (κ3) is 5.43. The first kappa shape index (κ1) is 19.2. The van der Waals surface area contributed by atoms with Gasteiger partial charge in [-0.25, -0.2) is 8.42 Å². The monoisotopic (exact) mass is 366 g/mol. The molecule has 0 aliphatic carbocycles. The van der Waals surface area contributed by atoms with E-state index in [0.29, 0.717) is 11.6 Å². The minimum absolute atomic E-state index is 0. The Bertz CT molecular complexity index is 585. The van der Waals surface area contributed by atoms with E-state index >= 15 is 0 Å². The van der Waals surface area contributed by atoms with Crippen LogP contribution in [0, 0.1) is 5.92 Å². The van der Waals surface area contributed by atoms with Gasteiger partial charge in [0, 0.05) is 18.1 Å². The van der Waals surface area contributed by atoms with Crippen molar-refractivity contribution in [1.29, 1.82) is 0 Å². The fourth-order valence-corrected chi connectivity index (χ4v) is 3.57. The van der Waals surface area contributed by atoms with Crippen molar-refractivity contribution in [3.05, 3.63) is 29.3 Å². The summed E-state index contributed by atoms with van der Waals surface area (Å²) in [7, 11) is -3.39. The molecule has 1 amide bonds. The van der Waals surface area contributed by atoms with E-state index in [1.165, 1.54) is 12.1 Å². The number of nitrogens with one attached hydrogen (secondary N) is 2. The van der Waals surface area contributed by atoms with E-state index in [2.05, 4.69) is 10.6 Å². The number of halogens is 2. The van der Waals surface area contributed by atoms with Crippen molar-refractivity contribution in [2.45, 2.75) is 17.7 Å². The lowest BCUT2D eigenvalue weighted by atomic mass is 9.99. The maximum atomic E-state index is 12.1. The van der Waals surface area contributed by atoms with Crippen molar-refractivity contribution in [2.75, 3.05) is 25.4 Å². The molecule has 1 unspecified atom stereocenters. The highest BCUT2D eigenvalue weighted by Crippen LogP contribution is 2.15. The quantitative estimate of drug-likeness (QED) is 0.830. The smallest absolute Gasteiger partial charge is 0.224 e. The lowest BCUT2D eigenvalue weighted by Gasteiger charge is -2.21. The summed E-state index contributed by atoms with van der Waals surface area (Å²) in [6.07, 6.45) is 1.82. The predicted octanol–water partition coefficient (Wildman–Crippen LogP) is 1.65. The van der Waals surface area contributed by atoms with Gasteiger partial charge in [-0.15, -0.1) is 12.4 Å². The van der Waals surface area contributed by atoms with Gasteiger partial charge in [-0.05, 0) is 43.7 Å². The first-order valence-corrected chi connectivity index (χ1v) is 8.99. The third-order valence-electron chi connectivity index (χ3n) is 3.51. The zero-order chi connectivity index (χ0) is 15.3. The molecule has 2 N–H and O–H groups in total. The zero-order valence-electron chi connectivity index (χ0n) is 12.0. The van der Waals surface area contributed by atoms with Crippen molar-refractivity contribution in [1.82, 2.24) is 10.6 Å². The Morgan fingerprint density at radius 2 is 2.00 bits per heavy atom. The molecule has 22 heavy (non-hydrogen) atoms. The number of piperidine rings is 1. The molecule has 2 rings (SSSR count). The van der Waals surface area contributed by atoms with E-state index in [-0.39, 0.29) is 41.4 Å². The van der Waals surface area contributed by atoms with Gasteiger partial charge in [0.1, 0.15) is 0 Å². The molecule has 0 saturated carbocycles. The standard InChI is InChI=1S/C14H19ClN2O3S.ClH/c15-12-3-5-13(6-4-12)21(19,20)9-8-17-14(18)11-2-1-7-16-10-11;/h3-6,11,16H,1-2,7-10H2,(H,17,18);1H. The molecule has 1 aliphatic rings. The summed E-state index contributed by atoms with van der Waals surface area (Å²) >= 11 is 5.74. The molecule has 8 heteroatoms. The summed E-state index contributed by atoms with van der Waals surface area (Å²) in [4.78, 5) is 12.1. The Morgan fingerprint density at radius 1 is 1.32 bits per heavy atom. The van der Waals surface area contributed by atoms with Crippen LogP contribution in [-0.4, -0.2) is 39.7 Å². The van der Waals surface area contributed by atoms with Crippen LogP contribution in [0.1, 0.15) is 12.8 Å². The van der Waals surface area contributed by atoms with Crippen LogP contribution >= 0.6 is 24.0 Å². The summed E-state index contributed by atoms with van der Waals surface area (Å²) in [5.41, 5.74) is 0. The van der Waals surface area contributed by atoms with Crippen molar-refractivity contribution in [2.24, 2.45) is 5.92 Å². The molecule has 1 saturated heterocycles. The molecule has 124 valence electrons. The Hall–Kier alpha value is -0.820. The van der Waals surface area contributed by atoms with Gasteiger partial charge < -0.3 is 10.6 Å². The second kappa shape index (κ2) is 8.72. The molecule has 5 nitrogen and oxygen atoms in total. The minimum atomic E-state index is -3.39. The lowest BCUT2D eigenvalue weighted by Crippen LogP contribution is -2.41. The van der Waals surface area contributed by atoms with Crippen molar-refractivity contribution in [3.63, 3.8) is 0 Å². The van der Waals surface area contributed by atoms with Crippen LogP contribution in [0.5, 0.6) is 0 Å². The molecule has 1 aromatic rings. The molecular weight excluding hydrogens is 347 g/mol. The minimum Gasteiger partial charge on any atom is -0.355 e. The highest BCUT2D eigenvalue weighted by Gasteiger charge is 2.21. The second-order valence-electron chi connectivity index (χ2n) is 5.11. The predicted molar refractivity (Wildman–Crippen MR) is 89.4 cm³/mol. The van der Waals surface area contributed by atoms with Gasteiger partial charge in [0.2, 0.25) is 5.91 Å². The van der Waals surface area contributed by atoms with Crippen molar-refractivity contribution >= 4 is 39.8 Å². The van der Waals surface area contributed by atoms with Crippen molar-refractivity contribution < 1.29 is 13.2 Å². The molecule has 1 fully saturated rings. The summed E-state index contributed by atoms with van der Waals surface area (Å²) in [5.74, 6) is -0.244. The molecule has 1 atom stereocenters. The van der Waals surface area contributed by atoms with Crippen LogP contribution in [0.25, 0.3) is 0 Å². The number of hydrogen-bond donors (Lipinski definition) is 2. The van der Waals surface area contributed by atoms with Gasteiger partial charge in [0.25, 0.3) is 0 Å². The average Bonchev–Trinajstić information content (AvgIpc) is 2.48. The lowest BCUT2D eigenvalue weighted by molar-refractivity contribution is -0.125. The molecule has 0 bridgehead atoms. The van der Waals surface area contributed by atoms with Gasteiger partial charge in [-0.3, -0.25) is 4.79 Å². The van der Waals surface area contributed by atoms with Crippen LogP contribution in [0.2, 0.25) is 5.02 Å². The molecule has 1 aliphatic heterocycles. The SMILES string of the molecule is Cl.O=C(NCCS(=O)(=O)c1ccc(Cl)cc1)C1CCCNC1. The Morgan fingerprint density at radius 3 is 2.59 bits per heavy atom. The Balaban J connectivity index is 0.00000242. The summed E-state index contributed by atoms with van der Waals surface area (Å²) in [5, 5.41) is 6.36. The van der Waals surface area contributed by atoms with Crippen LogP contribution in [0.15, 0.2) is 29.2 Å². The number of carbonyl (C=O) groups is 1. The van der Waals surface area contributed by atoms with Gasteiger partial charge in [0.05, 0.1) is 16.6 Å². The largest absolute Gasteiger partial charge is 0.355 e. The summed E-state index contributed by atoms with van der Waals surface area (Å²) in [6.45, 7) is 1.73. The zero-order valence-corrected chi connectivity index (χ0v) is 14.4. The topological polar surface area (TPSA) is 75.3 Å². The number of amides is 1. The second-order valence-corrected chi connectivity index (χ2v) is 7.65. The molecule has 1 aromatic carbocycles. The highest BCUT2D eigenvalue weighted by molar-refractivity contribution is 7.91. The molecule has 0 radical (unpaired) electrons. The maximum Gasteiger partial charge on any atom is 0.224 e. The van der Waals surface area contributed by atoms with Gasteiger partial charge >= 0.3 is 0 Å². The first-order chi connectivity index (χ1) is 9.99. The summed E-state index contributed by atoms with van der Waals surface area (Å²) in [6, 6.07) is 6.04. The Labute approximate surface area is 142 Å². The van der Waals surface area contributed by atoms with E-state index in [1.54, 1.807) is 12.1 Å². The average molecular weight is 367 g/mol. The Kier molecular flexibility index (Phi) is 7.62. The van der Waals surface area contributed by atoms with Gasteiger partial charge in [-0.1, -0.05) is 11.6 Å². The summed E-state index contributed by atoms with van der Waals surface area (Å²) < 4.78 is 24.2. The normalized spacial score (nSPS) is 18.3. The third-order valence-corrected chi connectivity index (χ3v) is 5.49. The van der Waals surface area contributed by atoms with Crippen LogP contribution in [0.4, 0.5) is 0 Å². The maximum absolute atomic E-state index is 12.1. The fraction of sp³-hybridized carbons (Fsp3) is 0.500. The van der Waals surface area contributed by atoms with E-state index in [4.69, 9.17) is 11.6 Å². The van der Waals surface area contributed by atoms with Crippen molar-refractivity contribution in [3.8, 4) is 0 Å². The van der Waals surface area contributed by atoms with Crippen LogP contribution in [0.3, 0.4) is 0 Å². The van der Waals surface area contributed by atoms with Gasteiger partial charge in [-0.2, -0.15) is 0 Å². The highest BCUT2D eigenvalue weighted by atomic mass is 35.5. The first-order valence-electron chi connectivity index (χ1n) is 6.96. The number of benzene rings is 1. The van der Waals surface area contributed by atoms with E-state index in [9.17, 15) is 13.2 Å². The molecule has 1 heterocycles. The van der Waals surface area contributed by atoms with E-state index in [1.807, 2.05) is 0 Å². The number of sulfone groups is 1. The van der Waals surface area contributed by atoms with E-state index < -0.39 is 9.84 Å². The number of hydrogen-bond acceptors (Lipinski definition) is 4.